The summed E-state index contributed by atoms with van der Waals surface area (Å²) in [7, 11) is 0. The van der Waals surface area contributed by atoms with E-state index in [1.807, 2.05) is 40.8 Å². The summed E-state index contributed by atoms with van der Waals surface area (Å²) >= 11 is 0. The van der Waals surface area contributed by atoms with Crippen LogP contribution in [0.1, 0.15) is 30.2 Å². The molecule has 2 heterocycles. The van der Waals surface area contributed by atoms with Crippen molar-refractivity contribution in [1.29, 1.82) is 0 Å². The monoisotopic (exact) mass is 341 g/mol. The maximum atomic E-state index is 11.8. The Labute approximate surface area is 146 Å². The SMILES string of the molecule is CC(=O)N1CCc2c(c(Nc3cccc(C)c3)nn2CCC(N)=O)C1. The van der Waals surface area contributed by atoms with Crippen molar-refractivity contribution in [1.82, 2.24) is 14.7 Å². The molecular formula is C18H23N5O2. The topological polar surface area (TPSA) is 93.2 Å². The van der Waals surface area contributed by atoms with Gasteiger partial charge in [-0.3, -0.25) is 14.3 Å². The molecular weight excluding hydrogens is 318 g/mol. The standard InChI is InChI=1S/C18H23N5O2/c1-12-4-3-5-14(10-12)20-18-15-11-22(13(2)24)8-6-16(15)23(21-18)9-7-17(19)25/h3-5,10H,6-9,11H2,1-2H3,(H2,19,25)(H,20,21). The van der Waals surface area contributed by atoms with E-state index in [0.717, 1.165) is 34.7 Å². The molecule has 0 radical (unpaired) electrons. The van der Waals surface area contributed by atoms with E-state index in [1.54, 1.807) is 6.92 Å². The Bertz CT molecular complexity index is 812. The largest absolute Gasteiger partial charge is 0.370 e. The van der Waals surface area contributed by atoms with Gasteiger partial charge in [0.25, 0.3) is 0 Å². The fourth-order valence-electron chi connectivity index (χ4n) is 3.12. The molecule has 1 aliphatic rings. The number of primary amides is 1. The lowest BCUT2D eigenvalue weighted by molar-refractivity contribution is -0.129. The van der Waals surface area contributed by atoms with Crippen LogP contribution in [-0.4, -0.2) is 33.0 Å². The van der Waals surface area contributed by atoms with Gasteiger partial charge in [0.15, 0.2) is 5.82 Å². The molecule has 2 aromatic rings. The van der Waals surface area contributed by atoms with Gasteiger partial charge in [-0.05, 0) is 24.6 Å². The maximum absolute atomic E-state index is 11.8. The van der Waals surface area contributed by atoms with Crippen LogP contribution in [0.3, 0.4) is 0 Å². The number of hydrogen-bond acceptors (Lipinski definition) is 4. The average Bonchev–Trinajstić information content (AvgIpc) is 2.90. The van der Waals surface area contributed by atoms with Gasteiger partial charge >= 0.3 is 0 Å². The third kappa shape index (κ3) is 3.81. The predicted octanol–water partition coefficient (Wildman–Crippen LogP) is 1.72. The number of fused-ring (bicyclic) bond motifs is 1. The van der Waals surface area contributed by atoms with Crippen molar-refractivity contribution >= 4 is 23.3 Å². The van der Waals surface area contributed by atoms with Crippen LogP contribution in [-0.2, 0) is 29.1 Å². The molecule has 7 heteroatoms. The smallest absolute Gasteiger partial charge is 0.219 e. The highest BCUT2D eigenvalue weighted by atomic mass is 16.2. The lowest BCUT2D eigenvalue weighted by Gasteiger charge is -2.26. The van der Waals surface area contributed by atoms with E-state index in [-0.39, 0.29) is 18.2 Å². The Morgan fingerprint density at radius 2 is 2.16 bits per heavy atom. The van der Waals surface area contributed by atoms with Gasteiger partial charge in [0.05, 0.1) is 13.1 Å². The van der Waals surface area contributed by atoms with Crippen LogP contribution in [0.25, 0.3) is 0 Å². The zero-order chi connectivity index (χ0) is 18.0. The third-order valence-corrected chi connectivity index (χ3v) is 4.43. The number of nitrogens with two attached hydrogens (primary N) is 1. The fourth-order valence-corrected chi connectivity index (χ4v) is 3.12. The van der Waals surface area contributed by atoms with Crippen LogP contribution in [0.2, 0.25) is 0 Å². The second-order valence-corrected chi connectivity index (χ2v) is 6.40. The molecule has 2 amide bonds. The van der Waals surface area contributed by atoms with E-state index < -0.39 is 0 Å². The lowest BCUT2D eigenvalue weighted by atomic mass is 10.1. The Kier molecular flexibility index (Phi) is 4.74. The minimum Gasteiger partial charge on any atom is -0.370 e. The zero-order valence-corrected chi connectivity index (χ0v) is 14.6. The van der Waals surface area contributed by atoms with Crippen LogP contribution in [0.4, 0.5) is 11.5 Å². The summed E-state index contributed by atoms with van der Waals surface area (Å²) in [5, 5.41) is 8.00. The third-order valence-electron chi connectivity index (χ3n) is 4.43. The second kappa shape index (κ2) is 6.96. The van der Waals surface area contributed by atoms with Crippen molar-refractivity contribution in [3.63, 3.8) is 0 Å². The van der Waals surface area contributed by atoms with Crippen LogP contribution in [0.5, 0.6) is 0 Å². The van der Waals surface area contributed by atoms with Crippen LogP contribution in [0, 0.1) is 6.92 Å². The number of nitrogens with one attached hydrogen (secondary N) is 1. The lowest BCUT2D eigenvalue weighted by Crippen LogP contribution is -2.34. The molecule has 25 heavy (non-hydrogen) atoms. The molecule has 0 spiro atoms. The molecule has 0 fully saturated rings. The number of carbonyl (C=O) groups is 2. The quantitative estimate of drug-likeness (QED) is 0.866. The minimum atomic E-state index is -0.349. The van der Waals surface area contributed by atoms with Gasteiger partial charge in [-0.25, -0.2) is 0 Å². The highest BCUT2D eigenvalue weighted by molar-refractivity contribution is 5.74. The zero-order valence-electron chi connectivity index (χ0n) is 14.6. The number of aryl methyl sites for hydroxylation is 2. The molecule has 3 rings (SSSR count). The van der Waals surface area contributed by atoms with Crippen LogP contribution >= 0.6 is 0 Å². The molecule has 0 atom stereocenters. The number of anilines is 2. The molecule has 132 valence electrons. The van der Waals surface area contributed by atoms with Gasteiger partial charge in [-0.2, -0.15) is 5.10 Å². The van der Waals surface area contributed by atoms with Gasteiger partial charge in [0, 0.05) is 43.3 Å². The molecule has 1 aliphatic heterocycles. The molecule has 1 aromatic carbocycles. The first kappa shape index (κ1) is 17.0. The van der Waals surface area contributed by atoms with Crippen molar-refractivity contribution in [2.75, 3.05) is 11.9 Å². The Morgan fingerprint density at radius 1 is 1.36 bits per heavy atom. The Morgan fingerprint density at radius 3 is 2.84 bits per heavy atom. The summed E-state index contributed by atoms with van der Waals surface area (Å²) in [5.74, 6) is 0.437. The molecule has 0 saturated carbocycles. The molecule has 1 aromatic heterocycles. The normalized spacial score (nSPS) is 13.4. The van der Waals surface area contributed by atoms with E-state index in [1.165, 1.54) is 0 Å². The van der Waals surface area contributed by atoms with Gasteiger partial charge < -0.3 is 16.0 Å². The van der Waals surface area contributed by atoms with Crippen molar-refractivity contribution in [3.05, 3.63) is 41.1 Å². The molecule has 0 saturated heterocycles. The van der Waals surface area contributed by atoms with E-state index in [2.05, 4.69) is 10.4 Å². The fraction of sp³-hybridized carbons (Fsp3) is 0.389. The summed E-state index contributed by atoms with van der Waals surface area (Å²) in [6, 6.07) is 8.04. The molecule has 0 bridgehead atoms. The molecule has 3 N–H and O–H groups in total. The van der Waals surface area contributed by atoms with Crippen molar-refractivity contribution in [2.45, 2.75) is 39.8 Å². The van der Waals surface area contributed by atoms with E-state index in [0.29, 0.717) is 19.6 Å². The summed E-state index contributed by atoms with van der Waals surface area (Å²) in [5.41, 5.74) is 9.44. The first-order chi connectivity index (χ1) is 11.9. The summed E-state index contributed by atoms with van der Waals surface area (Å²) < 4.78 is 1.84. The maximum Gasteiger partial charge on any atom is 0.219 e. The Balaban J connectivity index is 1.93. The van der Waals surface area contributed by atoms with E-state index in [9.17, 15) is 9.59 Å². The average molecular weight is 341 g/mol. The number of amides is 2. The van der Waals surface area contributed by atoms with E-state index in [4.69, 9.17) is 5.73 Å². The first-order valence-corrected chi connectivity index (χ1v) is 8.40. The van der Waals surface area contributed by atoms with E-state index >= 15 is 0 Å². The van der Waals surface area contributed by atoms with Gasteiger partial charge in [-0.15, -0.1) is 0 Å². The number of benzene rings is 1. The summed E-state index contributed by atoms with van der Waals surface area (Å²) in [4.78, 5) is 24.7. The minimum absolute atomic E-state index is 0.0528. The second-order valence-electron chi connectivity index (χ2n) is 6.40. The number of nitrogens with zero attached hydrogens (tertiary/aromatic N) is 3. The Hall–Kier alpha value is -2.83. The summed E-state index contributed by atoms with van der Waals surface area (Å²) in [6.07, 6.45) is 0.963. The van der Waals surface area contributed by atoms with Gasteiger partial charge in [0.1, 0.15) is 0 Å². The first-order valence-electron chi connectivity index (χ1n) is 8.40. The highest BCUT2D eigenvalue weighted by Gasteiger charge is 2.26. The number of carbonyl (C=O) groups excluding carboxylic acids is 2. The van der Waals surface area contributed by atoms with Crippen LogP contribution < -0.4 is 11.1 Å². The number of hydrogen-bond donors (Lipinski definition) is 2. The predicted molar refractivity (Wildman–Crippen MR) is 95.3 cm³/mol. The molecule has 7 nitrogen and oxygen atoms in total. The highest BCUT2D eigenvalue weighted by Crippen LogP contribution is 2.29. The molecule has 0 aliphatic carbocycles. The van der Waals surface area contributed by atoms with Crippen molar-refractivity contribution in [2.24, 2.45) is 5.73 Å². The summed E-state index contributed by atoms with van der Waals surface area (Å²) in [6.45, 7) is 5.25. The number of aromatic nitrogens is 2. The van der Waals surface area contributed by atoms with Crippen molar-refractivity contribution < 1.29 is 9.59 Å². The van der Waals surface area contributed by atoms with Crippen molar-refractivity contribution in [3.8, 4) is 0 Å². The van der Waals surface area contributed by atoms with Crippen LogP contribution in [0.15, 0.2) is 24.3 Å². The molecule has 0 unspecified atom stereocenters. The number of rotatable bonds is 5. The van der Waals surface area contributed by atoms with Gasteiger partial charge in [0.2, 0.25) is 11.8 Å². The van der Waals surface area contributed by atoms with Gasteiger partial charge in [-0.1, -0.05) is 12.1 Å².